The number of nitrogen functional groups attached to an aromatic ring is 1. The van der Waals surface area contributed by atoms with Crippen molar-refractivity contribution in [2.75, 3.05) is 38.7 Å². The summed E-state index contributed by atoms with van der Waals surface area (Å²) in [5, 5.41) is 42.3. The molecule has 0 saturated heterocycles. The zero-order valence-corrected chi connectivity index (χ0v) is 23.7. The molecule has 0 radical (unpaired) electrons. The van der Waals surface area contributed by atoms with Crippen molar-refractivity contribution in [1.82, 2.24) is 25.3 Å². The van der Waals surface area contributed by atoms with Gasteiger partial charge in [0.15, 0.2) is 11.2 Å². The number of hydrogen-bond donors (Lipinski definition) is 7. The second kappa shape index (κ2) is 15.2. The van der Waals surface area contributed by atoms with Crippen LogP contribution in [0, 0.1) is 0 Å². The molecule has 0 aliphatic carbocycles. The summed E-state index contributed by atoms with van der Waals surface area (Å²) in [5.41, 5.74) is 6.47. The number of hydrogen-bond acceptors (Lipinski definition) is 12. The Kier molecular flexibility index (Phi) is 12.0. The van der Waals surface area contributed by atoms with Crippen molar-refractivity contribution >= 4 is 46.6 Å². The monoisotopic (exact) mass is 602 g/mol. The van der Waals surface area contributed by atoms with Crippen LogP contribution in [0.15, 0.2) is 35.3 Å². The zero-order chi connectivity index (χ0) is 32.3. The molecule has 0 aliphatic rings. The number of anilines is 2. The highest BCUT2D eigenvalue weighted by atomic mass is 16.4. The molecule has 232 valence electrons. The fourth-order valence-electron chi connectivity index (χ4n) is 3.64. The normalized spacial score (nSPS) is 12.4. The third-order valence-corrected chi connectivity index (χ3v) is 5.52. The summed E-state index contributed by atoms with van der Waals surface area (Å²) in [4.78, 5) is 70.6. The number of aromatic amines is 1. The molecule has 1 amide bonds. The number of fused-ring (bicyclic) bond motifs is 1. The molecule has 0 saturated carbocycles. The minimum absolute atomic E-state index is 0.0524. The lowest BCUT2D eigenvalue weighted by Crippen LogP contribution is -2.43. The number of nitrogens with zero attached hydrogens (tertiary/aromatic N) is 4. The highest BCUT2D eigenvalue weighted by Crippen LogP contribution is 2.12. The molecule has 0 aliphatic heterocycles. The van der Waals surface area contributed by atoms with Crippen LogP contribution in [0.4, 0.5) is 11.6 Å². The predicted octanol–water partition coefficient (Wildman–Crippen LogP) is -1.85. The SMILES string of the molecule is C[N+](C)(C)CC(O)CC(=O)[O-].Nc1nc2ncc(CNc3ccc(C(=O)NC(CCC(=O)O)C(=O)O)cc3)nc2c(=O)[nH]1. The van der Waals surface area contributed by atoms with Crippen LogP contribution in [0.1, 0.15) is 35.3 Å². The van der Waals surface area contributed by atoms with Crippen molar-refractivity contribution < 1.29 is 44.1 Å². The number of likely N-dealkylation sites (N-methyl/N-ethyl adjacent to an activating group) is 1. The Bertz CT molecular complexity index is 1500. The summed E-state index contributed by atoms with van der Waals surface area (Å²) in [6.45, 7) is 0.655. The molecule has 0 spiro atoms. The summed E-state index contributed by atoms with van der Waals surface area (Å²) in [6.07, 6.45) is -0.247. The van der Waals surface area contributed by atoms with Gasteiger partial charge in [-0.05, 0) is 30.7 Å². The standard InChI is InChI=1S/C19H19N7O6.C7H15NO3/c20-19-25-15-14(17(30)26-19)23-11(8-22-15)7-21-10-3-1-9(2-4-10)16(29)24-12(18(31)32)5-6-13(27)28;1-8(2,3)5-6(9)4-7(10)11/h1-4,8,12,21H,5-7H2,(H,24,29)(H,27,28)(H,31,32)(H3,20,22,25,26,30);6,9H,4-5H2,1-3H3. The van der Waals surface area contributed by atoms with Gasteiger partial charge in [-0.1, -0.05) is 0 Å². The molecule has 8 N–H and O–H groups in total. The number of aliphatic hydroxyl groups excluding tert-OH is 1. The lowest BCUT2D eigenvalue weighted by atomic mass is 10.1. The Morgan fingerprint density at radius 1 is 1.09 bits per heavy atom. The molecule has 43 heavy (non-hydrogen) atoms. The van der Waals surface area contributed by atoms with E-state index >= 15 is 0 Å². The van der Waals surface area contributed by atoms with Crippen LogP contribution in [0.3, 0.4) is 0 Å². The summed E-state index contributed by atoms with van der Waals surface area (Å²) in [7, 11) is 5.66. The van der Waals surface area contributed by atoms with Gasteiger partial charge in [-0.25, -0.2) is 14.8 Å². The molecule has 1 aromatic carbocycles. The number of carboxylic acids is 3. The van der Waals surface area contributed by atoms with E-state index in [1.54, 1.807) is 12.1 Å². The number of nitrogens with one attached hydrogen (secondary N) is 3. The minimum atomic E-state index is -1.31. The number of aliphatic carboxylic acids is 3. The van der Waals surface area contributed by atoms with Crippen LogP contribution in [0.2, 0.25) is 0 Å². The van der Waals surface area contributed by atoms with E-state index in [2.05, 4.69) is 30.6 Å². The molecule has 2 aromatic heterocycles. The van der Waals surface area contributed by atoms with Crippen molar-refractivity contribution in [1.29, 1.82) is 0 Å². The summed E-state index contributed by atoms with van der Waals surface area (Å²) in [5.74, 6) is -4.36. The summed E-state index contributed by atoms with van der Waals surface area (Å²) in [6, 6.07) is 4.86. The van der Waals surface area contributed by atoms with Gasteiger partial charge in [0.2, 0.25) is 5.95 Å². The number of rotatable bonds is 13. The number of aromatic nitrogens is 4. The zero-order valence-electron chi connectivity index (χ0n) is 23.7. The van der Waals surface area contributed by atoms with Crippen LogP contribution in [0.5, 0.6) is 0 Å². The van der Waals surface area contributed by atoms with E-state index in [4.69, 9.17) is 21.1 Å². The third kappa shape index (κ3) is 12.1. The molecule has 0 bridgehead atoms. The van der Waals surface area contributed by atoms with Crippen LogP contribution in [-0.2, 0) is 20.9 Å². The number of benzene rings is 1. The number of amides is 1. The average molecular weight is 603 g/mol. The first-order chi connectivity index (χ1) is 20.0. The number of aliphatic hydroxyl groups is 1. The average Bonchev–Trinajstić information content (AvgIpc) is 2.88. The molecular formula is C26H34N8O9. The highest BCUT2D eigenvalue weighted by Gasteiger charge is 2.21. The van der Waals surface area contributed by atoms with Crippen molar-refractivity contribution in [3.05, 3.63) is 52.1 Å². The maximum atomic E-state index is 12.3. The van der Waals surface area contributed by atoms with Gasteiger partial charge >= 0.3 is 11.9 Å². The molecule has 2 heterocycles. The van der Waals surface area contributed by atoms with Crippen LogP contribution in [0.25, 0.3) is 11.2 Å². The Morgan fingerprint density at radius 3 is 2.30 bits per heavy atom. The van der Waals surface area contributed by atoms with Gasteiger partial charge in [-0.3, -0.25) is 19.4 Å². The van der Waals surface area contributed by atoms with Gasteiger partial charge in [-0.2, -0.15) is 4.98 Å². The fourth-order valence-corrected chi connectivity index (χ4v) is 3.64. The molecule has 3 aromatic rings. The summed E-state index contributed by atoms with van der Waals surface area (Å²) < 4.78 is 0.550. The smallest absolute Gasteiger partial charge is 0.326 e. The van der Waals surface area contributed by atoms with Gasteiger partial charge in [0.25, 0.3) is 11.5 Å². The number of carboxylic acid groups (broad SMARTS) is 3. The molecule has 3 rings (SSSR count). The number of carbonyl (C=O) groups is 4. The first-order valence-electron chi connectivity index (χ1n) is 12.8. The van der Waals surface area contributed by atoms with E-state index < -0.39 is 41.5 Å². The number of carbonyl (C=O) groups excluding carboxylic acids is 2. The number of quaternary nitrogens is 1. The maximum Gasteiger partial charge on any atom is 0.326 e. The van der Waals surface area contributed by atoms with Crippen molar-refractivity contribution in [2.24, 2.45) is 0 Å². The van der Waals surface area contributed by atoms with Gasteiger partial charge in [0, 0.05) is 30.1 Å². The quantitative estimate of drug-likeness (QED) is 0.106. The second-order valence-corrected chi connectivity index (χ2v) is 10.4. The van der Waals surface area contributed by atoms with E-state index in [1.165, 1.54) is 18.3 Å². The summed E-state index contributed by atoms with van der Waals surface area (Å²) >= 11 is 0. The van der Waals surface area contributed by atoms with Crippen LogP contribution < -0.4 is 27.0 Å². The van der Waals surface area contributed by atoms with Gasteiger partial charge < -0.3 is 46.1 Å². The molecular weight excluding hydrogens is 568 g/mol. The van der Waals surface area contributed by atoms with Gasteiger partial charge in [0.05, 0.1) is 39.6 Å². The van der Waals surface area contributed by atoms with Gasteiger partial charge in [-0.15, -0.1) is 0 Å². The molecule has 17 heteroatoms. The molecule has 2 unspecified atom stereocenters. The Balaban J connectivity index is 0.000000499. The third-order valence-electron chi connectivity index (χ3n) is 5.52. The second-order valence-electron chi connectivity index (χ2n) is 10.4. The van der Waals surface area contributed by atoms with Crippen molar-refractivity contribution in [2.45, 2.75) is 38.0 Å². The van der Waals surface area contributed by atoms with Crippen molar-refractivity contribution in [3.63, 3.8) is 0 Å². The number of H-pyrrole nitrogens is 1. The molecule has 2 atom stereocenters. The maximum absolute atomic E-state index is 12.3. The lowest BCUT2D eigenvalue weighted by molar-refractivity contribution is -0.873. The number of nitrogens with two attached hydrogens (primary N) is 1. The largest absolute Gasteiger partial charge is 0.550 e. The first-order valence-corrected chi connectivity index (χ1v) is 12.8. The minimum Gasteiger partial charge on any atom is -0.550 e. The van der Waals surface area contributed by atoms with E-state index in [1.807, 2.05) is 21.1 Å². The van der Waals surface area contributed by atoms with E-state index in [0.717, 1.165) is 0 Å². The van der Waals surface area contributed by atoms with E-state index in [9.17, 15) is 29.1 Å². The van der Waals surface area contributed by atoms with Crippen LogP contribution >= 0.6 is 0 Å². The van der Waals surface area contributed by atoms with Gasteiger partial charge in [0.1, 0.15) is 18.7 Å². The molecule has 17 nitrogen and oxygen atoms in total. The topological polar surface area (TPSA) is 274 Å². The Morgan fingerprint density at radius 2 is 1.74 bits per heavy atom. The Hall–Kier alpha value is -5.16. The Labute approximate surface area is 245 Å². The van der Waals surface area contributed by atoms with Crippen LogP contribution in [-0.4, -0.2) is 103 Å². The fraction of sp³-hybridized carbons (Fsp3) is 0.385. The highest BCUT2D eigenvalue weighted by molar-refractivity contribution is 5.97. The van der Waals surface area contributed by atoms with E-state index in [-0.39, 0.29) is 48.5 Å². The van der Waals surface area contributed by atoms with Crippen molar-refractivity contribution in [3.8, 4) is 0 Å². The first kappa shape index (κ1) is 34.0. The lowest BCUT2D eigenvalue weighted by Gasteiger charge is -2.26. The van der Waals surface area contributed by atoms with E-state index in [0.29, 0.717) is 22.4 Å². The molecule has 0 fully saturated rings. The predicted molar refractivity (Wildman–Crippen MR) is 150 cm³/mol.